The first-order chi connectivity index (χ1) is 7.84. The smallest absolute Gasteiger partial charge is 0.0751 e. The van der Waals surface area contributed by atoms with Gasteiger partial charge in [0.05, 0.1) is 5.52 Å². The van der Waals surface area contributed by atoms with Gasteiger partial charge >= 0.3 is 0 Å². The van der Waals surface area contributed by atoms with Crippen molar-refractivity contribution in [2.75, 3.05) is 5.32 Å². The lowest BCUT2D eigenvalue weighted by molar-refractivity contribution is 0.446. The minimum absolute atomic E-state index is 0.672. The van der Waals surface area contributed by atoms with E-state index < -0.39 is 0 Å². The van der Waals surface area contributed by atoms with Gasteiger partial charge in [-0.2, -0.15) is 0 Å². The van der Waals surface area contributed by atoms with Crippen LogP contribution in [0.4, 0.5) is 5.69 Å². The Labute approximate surface area is 95.7 Å². The van der Waals surface area contributed by atoms with Gasteiger partial charge < -0.3 is 5.32 Å². The molecule has 2 nitrogen and oxygen atoms in total. The third kappa shape index (κ3) is 1.54. The molecule has 1 heterocycles. The van der Waals surface area contributed by atoms with E-state index in [1.54, 1.807) is 0 Å². The molecule has 1 aliphatic carbocycles. The Hall–Kier alpha value is -1.57. The van der Waals surface area contributed by atoms with Crippen LogP contribution in [-0.4, -0.2) is 11.0 Å². The molecule has 0 unspecified atom stereocenters. The Morgan fingerprint density at radius 1 is 1.25 bits per heavy atom. The summed E-state index contributed by atoms with van der Waals surface area (Å²) < 4.78 is 0. The van der Waals surface area contributed by atoms with Crippen molar-refractivity contribution in [3.8, 4) is 0 Å². The van der Waals surface area contributed by atoms with Crippen molar-refractivity contribution in [3.63, 3.8) is 0 Å². The summed E-state index contributed by atoms with van der Waals surface area (Å²) in [5.41, 5.74) is 3.60. The standard InChI is InChI=1S/C14H16N2/c1-10-7-8-13(16-11-4-2-5-11)12-6-3-9-15-14(10)12/h3,6-9,11,16H,2,4-5H2,1H3. The Kier molecular flexibility index (Phi) is 2.28. The van der Waals surface area contributed by atoms with Crippen LogP contribution >= 0.6 is 0 Å². The van der Waals surface area contributed by atoms with Crippen molar-refractivity contribution in [2.24, 2.45) is 0 Å². The van der Waals surface area contributed by atoms with E-state index in [1.165, 1.54) is 35.9 Å². The molecule has 3 rings (SSSR count). The third-order valence-electron chi connectivity index (χ3n) is 3.44. The molecule has 1 aromatic heterocycles. The van der Waals surface area contributed by atoms with E-state index in [0.29, 0.717) is 6.04 Å². The van der Waals surface area contributed by atoms with Gasteiger partial charge in [-0.05, 0) is 49.9 Å². The van der Waals surface area contributed by atoms with Gasteiger partial charge in [0.15, 0.2) is 0 Å². The zero-order valence-corrected chi connectivity index (χ0v) is 9.53. The minimum Gasteiger partial charge on any atom is -0.382 e. The van der Waals surface area contributed by atoms with Gasteiger partial charge in [0.2, 0.25) is 0 Å². The van der Waals surface area contributed by atoms with Crippen LogP contribution in [-0.2, 0) is 0 Å². The molecule has 0 bridgehead atoms. The van der Waals surface area contributed by atoms with Gasteiger partial charge in [-0.25, -0.2) is 0 Å². The molecule has 82 valence electrons. The number of hydrogen-bond donors (Lipinski definition) is 1. The Bertz CT molecular complexity index is 515. The fourth-order valence-corrected chi connectivity index (χ4v) is 2.21. The number of benzene rings is 1. The largest absolute Gasteiger partial charge is 0.382 e. The fourth-order valence-electron chi connectivity index (χ4n) is 2.21. The van der Waals surface area contributed by atoms with Gasteiger partial charge in [0.25, 0.3) is 0 Å². The number of rotatable bonds is 2. The van der Waals surface area contributed by atoms with Gasteiger partial charge in [0, 0.05) is 23.3 Å². The molecule has 1 saturated carbocycles. The highest BCUT2D eigenvalue weighted by Crippen LogP contribution is 2.29. The molecule has 0 aliphatic heterocycles. The van der Waals surface area contributed by atoms with Crippen LogP contribution in [0.3, 0.4) is 0 Å². The maximum Gasteiger partial charge on any atom is 0.0751 e. The van der Waals surface area contributed by atoms with Crippen molar-refractivity contribution in [1.29, 1.82) is 0 Å². The van der Waals surface area contributed by atoms with Gasteiger partial charge in [-0.15, -0.1) is 0 Å². The molecule has 16 heavy (non-hydrogen) atoms. The average molecular weight is 212 g/mol. The van der Waals surface area contributed by atoms with Crippen molar-refractivity contribution in [2.45, 2.75) is 32.2 Å². The van der Waals surface area contributed by atoms with Gasteiger partial charge in [-0.1, -0.05) is 6.07 Å². The highest BCUT2D eigenvalue weighted by atomic mass is 14.9. The lowest BCUT2D eigenvalue weighted by Gasteiger charge is -2.28. The summed E-state index contributed by atoms with van der Waals surface area (Å²) in [5.74, 6) is 0. The molecule has 0 amide bonds. The molecule has 0 atom stereocenters. The summed E-state index contributed by atoms with van der Waals surface area (Å²) in [7, 11) is 0. The zero-order chi connectivity index (χ0) is 11.0. The predicted octanol–water partition coefficient (Wildman–Crippen LogP) is 3.51. The van der Waals surface area contributed by atoms with Crippen LogP contribution in [0.1, 0.15) is 24.8 Å². The highest BCUT2D eigenvalue weighted by molar-refractivity contribution is 5.93. The highest BCUT2D eigenvalue weighted by Gasteiger charge is 2.17. The van der Waals surface area contributed by atoms with Crippen molar-refractivity contribution >= 4 is 16.6 Å². The van der Waals surface area contributed by atoms with E-state index in [0.717, 1.165) is 5.52 Å². The van der Waals surface area contributed by atoms with E-state index in [4.69, 9.17) is 0 Å². The predicted molar refractivity (Wildman–Crippen MR) is 67.7 cm³/mol. The molecule has 1 N–H and O–H groups in total. The molecule has 0 saturated heterocycles. The summed E-state index contributed by atoms with van der Waals surface area (Å²) in [6.45, 7) is 2.11. The lowest BCUT2D eigenvalue weighted by Crippen LogP contribution is -2.27. The molecular weight excluding hydrogens is 196 g/mol. The first kappa shape index (κ1) is 9.64. The van der Waals surface area contributed by atoms with Gasteiger partial charge in [-0.3, -0.25) is 4.98 Å². The van der Waals surface area contributed by atoms with Crippen molar-refractivity contribution < 1.29 is 0 Å². The minimum atomic E-state index is 0.672. The normalized spacial score (nSPS) is 16.1. The second kappa shape index (κ2) is 3.78. The Morgan fingerprint density at radius 2 is 2.12 bits per heavy atom. The number of nitrogens with one attached hydrogen (secondary N) is 1. The van der Waals surface area contributed by atoms with E-state index in [9.17, 15) is 0 Å². The third-order valence-corrected chi connectivity index (χ3v) is 3.44. The number of nitrogens with zero attached hydrogens (tertiary/aromatic N) is 1. The average Bonchev–Trinajstić information content (AvgIpc) is 2.26. The first-order valence-corrected chi connectivity index (χ1v) is 5.95. The first-order valence-electron chi connectivity index (χ1n) is 5.95. The quantitative estimate of drug-likeness (QED) is 0.824. The zero-order valence-electron chi connectivity index (χ0n) is 9.53. The van der Waals surface area contributed by atoms with Crippen LogP contribution in [0.2, 0.25) is 0 Å². The van der Waals surface area contributed by atoms with E-state index in [1.807, 2.05) is 12.3 Å². The Morgan fingerprint density at radius 3 is 2.88 bits per heavy atom. The summed E-state index contributed by atoms with van der Waals surface area (Å²) in [6, 6.07) is 9.16. The molecule has 2 aromatic rings. The van der Waals surface area contributed by atoms with E-state index >= 15 is 0 Å². The maximum absolute atomic E-state index is 4.45. The number of fused-ring (bicyclic) bond motifs is 1. The van der Waals surface area contributed by atoms with E-state index in [-0.39, 0.29) is 0 Å². The molecule has 1 aromatic carbocycles. The van der Waals surface area contributed by atoms with Crippen molar-refractivity contribution in [3.05, 3.63) is 36.0 Å². The van der Waals surface area contributed by atoms with Crippen LogP contribution in [0.15, 0.2) is 30.5 Å². The second-order valence-electron chi connectivity index (χ2n) is 4.60. The molecule has 0 radical (unpaired) electrons. The number of pyridine rings is 1. The van der Waals surface area contributed by atoms with Crippen LogP contribution < -0.4 is 5.32 Å². The monoisotopic (exact) mass is 212 g/mol. The molecule has 2 heteroatoms. The SMILES string of the molecule is Cc1ccc(NC2CCC2)c2cccnc12. The van der Waals surface area contributed by atoms with Crippen LogP contribution in [0.5, 0.6) is 0 Å². The summed E-state index contributed by atoms with van der Waals surface area (Å²) >= 11 is 0. The lowest BCUT2D eigenvalue weighted by atomic mass is 9.92. The van der Waals surface area contributed by atoms with Gasteiger partial charge in [0.1, 0.15) is 0 Å². The fraction of sp³-hybridized carbons (Fsp3) is 0.357. The maximum atomic E-state index is 4.45. The Balaban J connectivity index is 2.06. The molecular formula is C14H16N2. The van der Waals surface area contributed by atoms with Crippen molar-refractivity contribution in [1.82, 2.24) is 4.98 Å². The summed E-state index contributed by atoms with van der Waals surface area (Å²) in [4.78, 5) is 4.45. The number of aryl methyl sites for hydroxylation is 1. The van der Waals surface area contributed by atoms with E-state index in [2.05, 4.69) is 35.4 Å². The summed E-state index contributed by atoms with van der Waals surface area (Å²) in [5, 5.41) is 4.85. The topological polar surface area (TPSA) is 24.9 Å². The summed E-state index contributed by atoms with van der Waals surface area (Å²) in [6.07, 6.45) is 5.83. The molecule has 0 spiro atoms. The number of anilines is 1. The number of hydrogen-bond acceptors (Lipinski definition) is 2. The second-order valence-corrected chi connectivity index (χ2v) is 4.60. The molecule has 1 fully saturated rings. The molecule has 1 aliphatic rings. The number of aromatic nitrogens is 1. The van der Waals surface area contributed by atoms with Crippen LogP contribution in [0.25, 0.3) is 10.9 Å². The van der Waals surface area contributed by atoms with Crippen LogP contribution in [0, 0.1) is 6.92 Å².